The Kier molecular flexibility index (Phi) is 2.94. The third-order valence-electron chi connectivity index (χ3n) is 4.66. The van der Waals surface area contributed by atoms with Gasteiger partial charge in [0.2, 0.25) is 5.89 Å². The van der Waals surface area contributed by atoms with Crippen LogP contribution in [0.1, 0.15) is 0 Å². The summed E-state index contributed by atoms with van der Waals surface area (Å²) in [6.07, 6.45) is 0. The number of nitro benzene ring substituents is 2. The third kappa shape index (κ3) is 2.00. The number of hydrogen-bond acceptors (Lipinski definition) is 6. The average Bonchev–Trinajstić information content (AvgIpc) is 3.22. The van der Waals surface area contributed by atoms with Crippen LogP contribution in [-0.2, 0) is 0 Å². The second kappa shape index (κ2) is 5.21. The van der Waals surface area contributed by atoms with Crippen molar-refractivity contribution in [2.75, 3.05) is 0 Å². The van der Waals surface area contributed by atoms with E-state index in [-0.39, 0.29) is 16.8 Å². The summed E-state index contributed by atoms with van der Waals surface area (Å²) >= 11 is 0. The summed E-state index contributed by atoms with van der Waals surface area (Å²) < 4.78 is 5.93. The van der Waals surface area contributed by atoms with E-state index < -0.39 is 9.85 Å². The first-order chi connectivity index (χ1) is 13.1. The third-order valence-corrected chi connectivity index (χ3v) is 4.66. The molecule has 0 radical (unpaired) electrons. The molecule has 5 rings (SSSR count). The fraction of sp³-hybridized carbons (Fsp3) is 0. The molecule has 0 N–H and O–H groups in total. The maximum Gasteiger partial charge on any atom is 0.284 e. The largest absolute Gasteiger partial charge is 0.435 e. The molecule has 27 heavy (non-hydrogen) atoms. The molecule has 8 heteroatoms. The van der Waals surface area contributed by atoms with E-state index in [0.29, 0.717) is 33.9 Å². The highest BCUT2D eigenvalue weighted by molar-refractivity contribution is 6.18. The van der Waals surface area contributed by atoms with E-state index in [1.807, 2.05) is 30.3 Å². The topological polar surface area (TPSA) is 112 Å². The lowest BCUT2D eigenvalue weighted by molar-refractivity contribution is -0.390. The summed E-state index contributed by atoms with van der Waals surface area (Å²) in [7, 11) is 0. The van der Waals surface area contributed by atoms with Gasteiger partial charge < -0.3 is 4.42 Å². The Labute approximate surface area is 151 Å². The molecule has 0 unspecified atom stereocenters. The van der Waals surface area contributed by atoms with Crippen molar-refractivity contribution in [3.63, 3.8) is 0 Å². The monoisotopic (exact) mass is 359 g/mol. The summed E-state index contributed by atoms with van der Waals surface area (Å²) in [5.74, 6) is 0.889. The van der Waals surface area contributed by atoms with Crippen molar-refractivity contribution < 1.29 is 14.3 Å². The lowest BCUT2D eigenvalue weighted by atomic mass is 10.0. The Morgan fingerprint density at radius 3 is 2.04 bits per heavy atom. The summed E-state index contributed by atoms with van der Waals surface area (Å²) in [5.41, 5.74) is 1.87. The van der Waals surface area contributed by atoms with Crippen LogP contribution >= 0.6 is 0 Å². The van der Waals surface area contributed by atoms with Gasteiger partial charge in [0.1, 0.15) is 11.1 Å². The molecular formula is C19H9N3O5. The van der Waals surface area contributed by atoms with Gasteiger partial charge in [0.25, 0.3) is 11.4 Å². The fourth-order valence-corrected chi connectivity index (χ4v) is 3.54. The van der Waals surface area contributed by atoms with Crippen LogP contribution in [0.4, 0.5) is 11.4 Å². The summed E-state index contributed by atoms with van der Waals surface area (Å²) in [4.78, 5) is 26.2. The highest BCUT2D eigenvalue weighted by atomic mass is 16.6. The molecule has 4 aromatic rings. The van der Waals surface area contributed by atoms with Gasteiger partial charge in [-0.1, -0.05) is 18.2 Å². The van der Waals surface area contributed by atoms with E-state index in [4.69, 9.17) is 4.42 Å². The van der Waals surface area contributed by atoms with Crippen LogP contribution in [0.3, 0.4) is 0 Å². The van der Waals surface area contributed by atoms with Gasteiger partial charge in [-0.15, -0.1) is 0 Å². The van der Waals surface area contributed by atoms with Crippen LogP contribution in [-0.4, -0.2) is 14.8 Å². The van der Waals surface area contributed by atoms with Crippen molar-refractivity contribution in [1.82, 2.24) is 4.98 Å². The molecule has 0 atom stereocenters. The van der Waals surface area contributed by atoms with Gasteiger partial charge in [0.05, 0.1) is 9.85 Å². The lowest BCUT2D eigenvalue weighted by Gasteiger charge is -2.04. The first-order valence-corrected chi connectivity index (χ1v) is 8.02. The molecule has 0 amide bonds. The number of fused-ring (bicyclic) bond motifs is 3. The van der Waals surface area contributed by atoms with E-state index in [1.54, 1.807) is 12.1 Å². The van der Waals surface area contributed by atoms with Crippen LogP contribution in [0.15, 0.2) is 59.0 Å². The van der Waals surface area contributed by atoms with Crippen molar-refractivity contribution in [3.8, 4) is 34.0 Å². The minimum atomic E-state index is -0.612. The van der Waals surface area contributed by atoms with Crippen molar-refractivity contribution in [3.05, 3.63) is 74.8 Å². The molecule has 130 valence electrons. The molecule has 8 nitrogen and oxygen atoms in total. The normalized spacial score (nSPS) is 11.6. The molecule has 1 aromatic heterocycles. The van der Waals surface area contributed by atoms with Gasteiger partial charge in [0, 0.05) is 34.2 Å². The highest BCUT2D eigenvalue weighted by Crippen LogP contribution is 2.52. The number of nitro groups is 2. The van der Waals surface area contributed by atoms with E-state index in [1.165, 1.54) is 12.1 Å². The van der Waals surface area contributed by atoms with Crippen molar-refractivity contribution >= 4 is 22.1 Å². The van der Waals surface area contributed by atoms with Gasteiger partial charge in [-0.2, -0.15) is 0 Å². The predicted molar refractivity (Wildman–Crippen MR) is 97.2 cm³/mol. The first kappa shape index (κ1) is 15.2. The number of hydrogen-bond donors (Lipinski definition) is 0. The van der Waals surface area contributed by atoms with Gasteiger partial charge in [-0.25, -0.2) is 4.98 Å². The lowest BCUT2D eigenvalue weighted by Crippen LogP contribution is -1.95. The summed E-state index contributed by atoms with van der Waals surface area (Å²) in [6, 6.07) is 15.0. The Hall–Kier alpha value is -4.07. The van der Waals surface area contributed by atoms with E-state index in [9.17, 15) is 20.2 Å². The number of aromatic nitrogens is 1. The maximum absolute atomic E-state index is 11.4. The van der Waals surface area contributed by atoms with E-state index in [2.05, 4.69) is 4.98 Å². The predicted octanol–water partition coefficient (Wildman–Crippen LogP) is 4.96. The maximum atomic E-state index is 11.4. The van der Waals surface area contributed by atoms with E-state index >= 15 is 0 Å². The fourth-order valence-electron chi connectivity index (χ4n) is 3.54. The quantitative estimate of drug-likeness (QED) is 0.332. The molecule has 0 saturated heterocycles. The van der Waals surface area contributed by atoms with Crippen LogP contribution in [0, 0.1) is 20.2 Å². The molecule has 1 aliphatic carbocycles. The number of nitrogens with zero attached hydrogens (tertiary/aromatic N) is 3. The number of oxazole rings is 1. The zero-order valence-electron chi connectivity index (χ0n) is 13.6. The highest BCUT2D eigenvalue weighted by Gasteiger charge is 2.34. The zero-order valence-corrected chi connectivity index (χ0v) is 13.6. The van der Waals surface area contributed by atoms with Gasteiger partial charge in [0.15, 0.2) is 5.76 Å². The van der Waals surface area contributed by atoms with Crippen LogP contribution in [0.25, 0.3) is 44.8 Å². The molecule has 0 saturated carbocycles. The van der Waals surface area contributed by atoms with E-state index in [0.717, 1.165) is 5.56 Å². The second-order valence-electron chi connectivity index (χ2n) is 6.09. The van der Waals surface area contributed by atoms with Crippen molar-refractivity contribution in [2.24, 2.45) is 0 Å². The SMILES string of the molecule is O=[N+]([O-])c1ccc2c3c(ccc([N+](=O)[O-])c13)-c1oc(-c3ccccc3)nc1-2. The second-order valence-corrected chi connectivity index (χ2v) is 6.09. The molecule has 0 bridgehead atoms. The number of benzene rings is 3. The minimum absolute atomic E-state index is 0.00513. The van der Waals surface area contributed by atoms with Crippen LogP contribution < -0.4 is 0 Å². The molecule has 1 aliphatic rings. The molecule has 1 heterocycles. The standard InChI is InChI=1S/C19H9N3O5/c23-21(24)13-8-6-11-15-12(7-9-14(16(13)15)22(25)26)18-17(11)20-19(27-18)10-4-2-1-3-5-10/h1-9H. The number of non-ortho nitro benzene ring substituents is 2. The smallest absolute Gasteiger partial charge is 0.284 e. The molecule has 0 spiro atoms. The Morgan fingerprint density at radius 2 is 1.41 bits per heavy atom. The molecule has 0 fully saturated rings. The van der Waals surface area contributed by atoms with Crippen molar-refractivity contribution in [1.29, 1.82) is 0 Å². The van der Waals surface area contributed by atoms with Crippen LogP contribution in [0.2, 0.25) is 0 Å². The number of rotatable bonds is 3. The Bertz CT molecular complexity index is 1200. The Balaban J connectivity index is 1.83. The molecule has 0 aliphatic heterocycles. The zero-order chi connectivity index (χ0) is 18.7. The Morgan fingerprint density at radius 1 is 0.778 bits per heavy atom. The van der Waals surface area contributed by atoms with Crippen molar-refractivity contribution in [2.45, 2.75) is 0 Å². The van der Waals surface area contributed by atoms with Crippen LogP contribution in [0.5, 0.6) is 0 Å². The van der Waals surface area contributed by atoms with Gasteiger partial charge in [-0.3, -0.25) is 20.2 Å². The average molecular weight is 359 g/mol. The first-order valence-electron chi connectivity index (χ1n) is 8.02. The molecular weight excluding hydrogens is 350 g/mol. The van der Waals surface area contributed by atoms with Gasteiger partial charge in [-0.05, 0) is 24.3 Å². The summed E-state index contributed by atoms with van der Waals surface area (Å²) in [5, 5.41) is 23.3. The minimum Gasteiger partial charge on any atom is -0.435 e. The summed E-state index contributed by atoms with van der Waals surface area (Å²) in [6.45, 7) is 0. The van der Waals surface area contributed by atoms with Gasteiger partial charge >= 0.3 is 0 Å². The molecule has 3 aromatic carbocycles.